The summed E-state index contributed by atoms with van der Waals surface area (Å²) < 4.78 is 12.5. The Balaban J connectivity index is 2.96. The minimum absolute atomic E-state index is 0.210. The van der Waals surface area contributed by atoms with E-state index in [9.17, 15) is 4.39 Å². The summed E-state index contributed by atoms with van der Waals surface area (Å²) in [6.45, 7) is 0. The Hall–Kier alpha value is -1.42. The Morgan fingerprint density at radius 1 is 1.23 bits per heavy atom. The summed E-state index contributed by atoms with van der Waals surface area (Å²) in [5.74, 6) is -0.299. The highest BCUT2D eigenvalue weighted by atomic mass is 32.1. The molecule has 1 aromatic rings. The largest absolute Gasteiger partial charge is 0.398 e. The lowest BCUT2D eigenvalue weighted by Gasteiger charge is -2.00. The molecule has 2 nitrogen and oxygen atoms in total. The van der Waals surface area contributed by atoms with Crippen LogP contribution in [0, 0.1) is 5.82 Å². The van der Waals surface area contributed by atoms with Crippen LogP contribution in [-0.2, 0) is 0 Å². The molecule has 0 saturated carbocycles. The van der Waals surface area contributed by atoms with E-state index in [1.807, 2.05) is 0 Å². The first-order chi connectivity index (χ1) is 6.09. The van der Waals surface area contributed by atoms with Crippen molar-refractivity contribution in [1.29, 1.82) is 0 Å². The number of nitrogens with two attached hydrogens (primary N) is 2. The van der Waals surface area contributed by atoms with E-state index in [4.69, 9.17) is 11.5 Å². The summed E-state index contributed by atoms with van der Waals surface area (Å²) in [5.41, 5.74) is 12.0. The Morgan fingerprint density at radius 2 is 1.77 bits per heavy atom. The van der Waals surface area contributed by atoms with Crippen molar-refractivity contribution in [2.24, 2.45) is 11.5 Å². The van der Waals surface area contributed by atoms with Crippen LogP contribution >= 0.6 is 12.2 Å². The van der Waals surface area contributed by atoms with Crippen LogP contribution in [0.15, 0.2) is 30.3 Å². The maximum absolute atomic E-state index is 12.5. The fourth-order valence-corrected chi connectivity index (χ4v) is 1.01. The first kappa shape index (κ1) is 9.67. The number of hydrogen-bond acceptors (Lipinski definition) is 2. The molecule has 4 N–H and O–H groups in total. The second kappa shape index (κ2) is 4.00. The Kier molecular flexibility index (Phi) is 2.97. The summed E-state index contributed by atoms with van der Waals surface area (Å²) in [6.07, 6.45) is 1.46. The number of hydrogen-bond donors (Lipinski definition) is 2. The zero-order valence-electron chi connectivity index (χ0n) is 6.83. The molecular formula is C9H9FN2S. The third kappa shape index (κ3) is 2.83. The van der Waals surface area contributed by atoms with Crippen LogP contribution < -0.4 is 11.5 Å². The molecule has 0 unspecified atom stereocenters. The number of rotatable bonds is 2. The van der Waals surface area contributed by atoms with E-state index in [1.165, 1.54) is 18.2 Å². The second-order valence-electron chi connectivity index (χ2n) is 2.51. The summed E-state index contributed by atoms with van der Waals surface area (Å²) in [6, 6.07) is 5.80. The number of thiocarbonyl (C=S) groups is 1. The van der Waals surface area contributed by atoms with Crippen molar-refractivity contribution in [3.63, 3.8) is 0 Å². The van der Waals surface area contributed by atoms with Gasteiger partial charge in [-0.15, -0.1) is 0 Å². The molecule has 0 aliphatic rings. The molecule has 0 atom stereocenters. The van der Waals surface area contributed by atoms with Gasteiger partial charge in [-0.3, -0.25) is 0 Å². The van der Waals surface area contributed by atoms with Gasteiger partial charge in [0.1, 0.15) is 5.82 Å². The average Bonchev–Trinajstić information content (AvgIpc) is 2.04. The molecular weight excluding hydrogens is 187 g/mol. The molecule has 0 heterocycles. The van der Waals surface area contributed by atoms with Crippen LogP contribution in [0.4, 0.5) is 4.39 Å². The molecule has 0 saturated heterocycles. The third-order valence-corrected chi connectivity index (χ3v) is 1.59. The summed E-state index contributed by atoms with van der Waals surface area (Å²) in [5, 5.41) is 0. The maximum atomic E-state index is 12.5. The molecule has 0 amide bonds. The average molecular weight is 196 g/mol. The standard InChI is InChI=1S/C9H9FN2S/c10-7-3-1-6(2-4-7)8(11)5-9(12)13/h1-5H,11H2,(H2,12,13). The topological polar surface area (TPSA) is 52.0 Å². The van der Waals surface area contributed by atoms with Gasteiger partial charge in [0.15, 0.2) is 0 Å². The van der Waals surface area contributed by atoms with Crippen molar-refractivity contribution in [2.45, 2.75) is 0 Å². The highest BCUT2D eigenvalue weighted by Gasteiger charge is 1.96. The molecule has 0 spiro atoms. The molecule has 0 aromatic heterocycles. The van der Waals surface area contributed by atoms with E-state index < -0.39 is 0 Å². The zero-order valence-corrected chi connectivity index (χ0v) is 7.64. The number of benzene rings is 1. The highest BCUT2D eigenvalue weighted by molar-refractivity contribution is 7.80. The summed E-state index contributed by atoms with van der Waals surface area (Å²) in [4.78, 5) is 0.210. The Labute approximate surface area is 81.0 Å². The maximum Gasteiger partial charge on any atom is 0.123 e. The van der Waals surface area contributed by atoms with Gasteiger partial charge in [-0.05, 0) is 23.8 Å². The monoisotopic (exact) mass is 196 g/mol. The molecule has 0 aliphatic heterocycles. The second-order valence-corrected chi connectivity index (χ2v) is 2.98. The van der Waals surface area contributed by atoms with Gasteiger partial charge in [0, 0.05) is 5.70 Å². The Morgan fingerprint density at radius 3 is 2.23 bits per heavy atom. The van der Waals surface area contributed by atoms with E-state index in [-0.39, 0.29) is 10.8 Å². The van der Waals surface area contributed by atoms with E-state index in [1.54, 1.807) is 12.1 Å². The van der Waals surface area contributed by atoms with Gasteiger partial charge in [0.05, 0.1) is 4.99 Å². The lowest BCUT2D eigenvalue weighted by atomic mass is 10.1. The lowest BCUT2D eigenvalue weighted by molar-refractivity contribution is 0.627. The SMILES string of the molecule is NC(=S)C=C(N)c1ccc(F)cc1. The van der Waals surface area contributed by atoms with Crippen molar-refractivity contribution in [1.82, 2.24) is 0 Å². The normalized spacial score (nSPS) is 11.3. The van der Waals surface area contributed by atoms with Gasteiger partial charge in [0.25, 0.3) is 0 Å². The molecule has 13 heavy (non-hydrogen) atoms. The minimum Gasteiger partial charge on any atom is -0.398 e. The predicted molar refractivity (Wildman–Crippen MR) is 55.3 cm³/mol. The molecule has 0 bridgehead atoms. The minimum atomic E-state index is -0.299. The summed E-state index contributed by atoms with van der Waals surface area (Å²) in [7, 11) is 0. The van der Waals surface area contributed by atoms with E-state index in [2.05, 4.69) is 12.2 Å². The quantitative estimate of drug-likeness (QED) is 0.555. The first-order valence-electron chi connectivity index (χ1n) is 3.62. The predicted octanol–water partition coefficient (Wildman–Crippen LogP) is 1.41. The molecule has 1 aromatic carbocycles. The lowest BCUT2D eigenvalue weighted by Crippen LogP contribution is -2.07. The Bertz CT molecular complexity index is 343. The van der Waals surface area contributed by atoms with Gasteiger partial charge in [-0.1, -0.05) is 24.4 Å². The van der Waals surface area contributed by atoms with Crippen molar-refractivity contribution < 1.29 is 4.39 Å². The molecule has 1 rings (SSSR count). The molecule has 0 radical (unpaired) electrons. The van der Waals surface area contributed by atoms with Crippen LogP contribution in [0.1, 0.15) is 5.56 Å². The highest BCUT2D eigenvalue weighted by Crippen LogP contribution is 2.09. The van der Waals surface area contributed by atoms with Crippen LogP contribution in [-0.4, -0.2) is 4.99 Å². The third-order valence-electron chi connectivity index (χ3n) is 1.48. The van der Waals surface area contributed by atoms with Crippen molar-refractivity contribution in [3.8, 4) is 0 Å². The van der Waals surface area contributed by atoms with Crippen LogP contribution in [0.2, 0.25) is 0 Å². The van der Waals surface area contributed by atoms with Crippen LogP contribution in [0.25, 0.3) is 5.70 Å². The molecule has 68 valence electrons. The molecule has 4 heteroatoms. The molecule has 0 fully saturated rings. The summed E-state index contributed by atoms with van der Waals surface area (Å²) >= 11 is 4.64. The van der Waals surface area contributed by atoms with E-state index in [0.29, 0.717) is 11.3 Å². The first-order valence-corrected chi connectivity index (χ1v) is 4.03. The zero-order chi connectivity index (χ0) is 9.84. The van der Waals surface area contributed by atoms with Crippen LogP contribution in [0.3, 0.4) is 0 Å². The van der Waals surface area contributed by atoms with Gasteiger partial charge in [0.2, 0.25) is 0 Å². The van der Waals surface area contributed by atoms with E-state index >= 15 is 0 Å². The van der Waals surface area contributed by atoms with Gasteiger partial charge in [-0.25, -0.2) is 4.39 Å². The van der Waals surface area contributed by atoms with E-state index in [0.717, 1.165) is 0 Å². The smallest absolute Gasteiger partial charge is 0.123 e. The van der Waals surface area contributed by atoms with Gasteiger partial charge >= 0.3 is 0 Å². The van der Waals surface area contributed by atoms with Gasteiger partial charge < -0.3 is 11.5 Å². The van der Waals surface area contributed by atoms with Crippen molar-refractivity contribution >= 4 is 22.9 Å². The molecule has 0 aliphatic carbocycles. The van der Waals surface area contributed by atoms with Gasteiger partial charge in [-0.2, -0.15) is 0 Å². The number of halogens is 1. The fourth-order valence-electron chi connectivity index (χ4n) is 0.879. The van der Waals surface area contributed by atoms with Crippen LogP contribution in [0.5, 0.6) is 0 Å². The van der Waals surface area contributed by atoms with Crippen molar-refractivity contribution in [2.75, 3.05) is 0 Å². The fraction of sp³-hybridized carbons (Fsp3) is 0. The van der Waals surface area contributed by atoms with Crippen molar-refractivity contribution in [3.05, 3.63) is 41.7 Å².